The van der Waals surface area contributed by atoms with Crippen LogP contribution in [0.25, 0.3) is 0 Å². The third-order valence-electron chi connectivity index (χ3n) is 8.73. The molecule has 0 aromatic heterocycles. The number of aliphatic hydroxyl groups excluding tert-OH is 1. The number of carbonyl (C=O) groups excluding carboxylic acids is 2. The molecule has 222 valence electrons. The Morgan fingerprint density at radius 2 is 1.63 bits per heavy atom. The van der Waals surface area contributed by atoms with Crippen molar-refractivity contribution in [1.82, 2.24) is 5.32 Å². The van der Waals surface area contributed by atoms with Gasteiger partial charge in [-0.1, -0.05) is 11.6 Å². The molecule has 41 heavy (non-hydrogen) atoms. The quantitative estimate of drug-likeness (QED) is 0.286. The molecule has 14 heteroatoms. The van der Waals surface area contributed by atoms with Crippen molar-refractivity contribution < 1.29 is 46.5 Å². The van der Waals surface area contributed by atoms with Crippen molar-refractivity contribution >= 4 is 38.9 Å². The van der Waals surface area contributed by atoms with Crippen molar-refractivity contribution in [1.29, 1.82) is 0 Å². The van der Waals surface area contributed by atoms with Crippen LogP contribution < -0.4 is 10.6 Å². The summed E-state index contributed by atoms with van der Waals surface area (Å²) in [6, 6.07) is 4.68. The van der Waals surface area contributed by atoms with Crippen LogP contribution in [0.5, 0.6) is 0 Å². The highest BCUT2D eigenvalue weighted by molar-refractivity contribution is 7.92. The lowest BCUT2D eigenvalue weighted by molar-refractivity contribution is -0.127. The maximum absolute atomic E-state index is 13.7. The van der Waals surface area contributed by atoms with E-state index in [9.17, 15) is 46.5 Å². The highest BCUT2D eigenvalue weighted by Crippen LogP contribution is 2.52. The minimum atomic E-state index is -4.11. The lowest BCUT2D eigenvalue weighted by atomic mass is 9.74. The van der Waals surface area contributed by atoms with E-state index in [1.807, 2.05) is 0 Å². The second-order valence-corrected chi connectivity index (χ2v) is 13.8. The van der Waals surface area contributed by atoms with Gasteiger partial charge in [-0.3, -0.25) is 9.59 Å². The summed E-state index contributed by atoms with van der Waals surface area (Å²) in [4.78, 5) is 24.8. The van der Waals surface area contributed by atoms with E-state index < -0.39 is 79.9 Å². The smallest absolute Gasteiger partial charge is 0.255 e. The second kappa shape index (κ2) is 10.5. The number of benzene rings is 2. The van der Waals surface area contributed by atoms with Gasteiger partial charge in [0.1, 0.15) is 5.60 Å². The van der Waals surface area contributed by atoms with E-state index in [1.54, 1.807) is 0 Å². The Kier molecular flexibility index (Phi) is 7.65. The Morgan fingerprint density at radius 3 is 2.20 bits per heavy atom. The Bertz CT molecular complexity index is 1490. The number of sulfone groups is 1. The van der Waals surface area contributed by atoms with Gasteiger partial charge in [0.2, 0.25) is 5.91 Å². The SMILES string of the molecule is O=C(Nc1cc(F)c(F)c(F)c1)c1ccc(Cl)c(S(=O)(=O)[C@H]2CC3CCC(C2)[C@]3(O)CNC(=O)C2CC2(O)CO)c1. The molecule has 3 aliphatic rings. The maximum Gasteiger partial charge on any atom is 0.255 e. The summed E-state index contributed by atoms with van der Waals surface area (Å²) in [7, 11) is -4.11. The van der Waals surface area contributed by atoms with Crippen molar-refractivity contribution in [2.75, 3.05) is 18.5 Å². The fraction of sp³-hybridized carbons (Fsp3) is 0.481. The first-order valence-corrected chi connectivity index (χ1v) is 14.9. The average Bonchev–Trinajstić information content (AvgIpc) is 3.60. The van der Waals surface area contributed by atoms with Gasteiger partial charge in [-0.25, -0.2) is 21.6 Å². The van der Waals surface area contributed by atoms with Crippen LogP contribution in [0.15, 0.2) is 35.2 Å². The number of fused-ring (bicyclic) bond motifs is 2. The van der Waals surface area contributed by atoms with Crippen LogP contribution in [0.3, 0.4) is 0 Å². The molecule has 0 radical (unpaired) electrons. The van der Waals surface area contributed by atoms with E-state index in [0.29, 0.717) is 25.0 Å². The average molecular weight is 617 g/mol. The molecule has 2 bridgehead atoms. The minimum Gasteiger partial charge on any atom is -0.393 e. The lowest BCUT2D eigenvalue weighted by Crippen LogP contribution is -2.55. The molecular weight excluding hydrogens is 589 g/mol. The van der Waals surface area contributed by atoms with Gasteiger partial charge >= 0.3 is 0 Å². The lowest BCUT2D eigenvalue weighted by Gasteiger charge is -2.42. The highest BCUT2D eigenvalue weighted by atomic mass is 35.5. The first-order valence-electron chi connectivity index (χ1n) is 13.0. The molecule has 2 amide bonds. The number of carbonyl (C=O) groups is 2. The third-order valence-corrected chi connectivity index (χ3v) is 11.4. The fourth-order valence-corrected chi connectivity index (χ4v) is 8.59. The van der Waals surface area contributed by atoms with Gasteiger partial charge < -0.3 is 26.0 Å². The van der Waals surface area contributed by atoms with Gasteiger partial charge in [0.15, 0.2) is 27.3 Å². The molecular formula is C27H28ClF3N2O7S. The number of nitrogens with one attached hydrogen (secondary N) is 2. The van der Waals surface area contributed by atoms with E-state index in [1.165, 1.54) is 12.1 Å². The minimum absolute atomic E-state index is 0.0795. The van der Waals surface area contributed by atoms with Gasteiger partial charge in [0.25, 0.3) is 5.91 Å². The number of amides is 2. The van der Waals surface area contributed by atoms with E-state index >= 15 is 0 Å². The zero-order valence-corrected chi connectivity index (χ0v) is 23.1. The van der Waals surface area contributed by atoms with Crippen molar-refractivity contribution in [3.63, 3.8) is 0 Å². The van der Waals surface area contributed by atoms with E-state index in [0.717, 1.165) is 6.07 Å². The highest BCUT2D eigenvalue weighted by Gasteiger charge is 2.59. The second-order valence-electron chi connectivity index (χ2n) is 11.2. The number of anilines is 1. The van der Waals surface area contributed by atoms with Crippen LogP contribution in [-0.2, 0) is 14.6 Å². The number of hydrogen-bond donors (Lipinski definition) is 5. The Labute approximate surface area is 238 Å². The Balaban J connectivity index is 1.30. The molecule has 3 fully saturated rings. The van der Waals surface area contributed by atoms with Crippen LogP contribution in [-0.4, -0.2) is 65.2 Å². The number of hydrogen-bond acceptors (Lipinski definition) is 7. The van der Waals surface area contributed by atoms with Crippen LogP contribution in [0.1, 0.15) is 42.5 Å². The van der Waals surface area contributed by atoms with Gasteiger partial charge in [-0.2, -0.15) is 0 Å². The van der Waals surface area contributed by atoms with Crippen LogP contribution in [0, 0.1) is 35.2 Å². The molecule has 0 saturated heterocycles. The van der Waals surface area contributed by atoms with Gasteiger partial charge in [-0.05, 0) is 62.1 Å². The van der Waals surface area contributed by atoms with E-state index in [2.05, 4.69) is 10.6 Å². The molecule has 3 aliphatic carbocycles. The first-order chi connectivity index (χ1) is 19.2. The molecule has 4 unspecified atom stereocenters. The summed E-state index contributed by atoms with van der Waals surface area (Å²) >= 11 is 6.24. The topological polar surface area (TPSA) is 153 Å². The number of rotatable bonds is 8. The number of aliphatic hydroxyl groups is 3. The molecule has 4 atom stereocenters. The van der Waals surface area contributed by atoms with Crippen LogP contribution in [0.4, 0.5) is 18.9 Å². The normalized spacial score (nSPS) is 30.6. The summed E-state index contributed by atoms with van der Waals surface area (Å²) in [6.45, 7) is -0.665. The summed E-state index contributed by atoms with van der Waals surface area (Å²) in [5.41, 5.74) is -3.34. The standard InChI is InChI=1S/C27H28ClF3N2O7S/c28-19-4-1-13(24(35)33-16-8-20(29)23(31)21(30)9-16)5-22(19)41(39,40)17-6-14-2-3-15(7-17)27(14,38)11-32-25(36)18-10-26(18,37)12-34/h1,4-5,8-9,14-15,17-18,34,37-38H,2-3,6-7,10-12H2,(H,32,36)(H,33,35)/t14?,15?,17-,18?,26?,27-. The zero-order valence-electron chi connectivity index (χ0n) is 21.5. The summed E-state index contributed by atoms with van der Waals surface area (Å²) in [5, 5.41) is 34.4. The molecule has 0 spiro atoms. The van der Waals surface area contributed by atoms with Crippen molar-refractivity contribution in [2.24, 2.45) is 17.8 Å². The summed E-state index contributed by atoms with van der Waals surface area (Å²) in [6.07, 6.45) is 1.35. The molecule has 5 N–H and O–H groups in total. The van der Waals surface area contributed by atoms with Crippen LogP contribution >= 0.6 is 11.6 Å². The molecule has 5 rings (SSSR count). The Hall–Kier alpha value is -2.71. The molecule has 2 aromatic rings. The van der Waals surface area contributed by atoms with Crippen molar-refractivity contribution in [3.8, 4) is 0 Å². The van der Waals surface area contributed by atoms with E-state index in [4.69, 9.17) is 11.6 Å². The molecule has 3 saturated carbocycles. The first kappa shape index (κ1) is 29.8. The predicted molar refractivity (Wildman–Crippen MR) is 140 cm³/mol. The zero-order chi connectivity index (χ0) is 29.9. The van der Waals surface area contributed by atoms with Gasteiger partial charge in [0, 0.05) is 29.9 Å². The van der Waals surface area contributed by atoms with Crippen molar-refractivity contribution in [2.45, 2.75) is 53.5 Å². The van der Waals surface area contributed by atoms with Crippen LogP contribution in [0.2, 0.25) is 5.02 Å². The van der Waals surface area contributed by atoms with E-state index in [-0.39, 0.29) is 47.0 Å². The molecule has 9 nitrogen and oxygen atoms in total. The third kappa shape index (κ3) is 5.34. The molecule has 0 heterocycles. The fourth-order valence-electron chi connectivity index (χ4n) is 6.18. The largest absolute Gasteiger partial charge is 0.393 e. The van der Waals surface area contributed by atoms with Gasteiger partial charge in [-0.15, -0.1) is 0 Å². The van der Waals surface area contributed by atoms with Gasteiger partial charge in [0.05, 0.1) is 33.3 Å². The summed E-state index contributed by atoms with van der Waals surface area (Å²) in [5.74, 6) is -7.78. The number of halogens is 4. The monoisotopic (exact) mass is 616 g/mol. The maximum atomic E-state index is 13.7. The predicted octanol–water partition coefficient (Wildman–Crippen LogP) is 2.56. The molecule has 2 aromatic carbocycles. The Morgan fingerprint density at radius 1 is 1.02 bits per heavy atom. The summed E-state index contributed by atoms with van der Waals surface area (Å²) < 4.78 is 67.7. The van der Waals surface area contributed by atoms with Crippen molar-refractivity contribution in [3.05, 3.63) is 58.4 Å². The molecule has 0 aliphatic heterocycles.